The predicted molar refractivity (Wildman–Crippen MR) is 73.0 cm³/mol. The fraction of sp³-hybridized carbons (Fsp3) is 0.0625. The Morgan fingerprint density at radius 3 is 2.56 bits per heavy atom. The number of rotatable bonds is 2. The molecule has 0 aliphatic heterocycles. The Morgan fingerprint density at radius 2 is 1.83 bits per heavy atom. The van der Waals surface area contributed by atoms with Crippen LogP contribution in [-0.4, -0.2) is 10.7 Å². The van der Waals surface area contributed by atoms with Crippen LogP contribution in [0.3, 0.4) is 0 Å². The van der Waals surface area contributed by atoms with E-state index in [0.717, 1.165) is 17.5 Å². The topological polar surface area (TPSA) is 21.5 Å². The monoisotopic (exact) mass is 235 g/mol. The third kappa shape index (κ3) is 1.63. The van der Waals surface area contributed by atoms with Gasteiger partial charge >= 0.3 is 0 Å². The summed E-state index contributed by atoms with van der Waals surface area (Å²) in [4.78, 5) is 10.8. The minimum Gasteiger partial charge on any atom is -0.320 e. The second-order valence-corrected chi connectivity index (χ2v) is 4.38. The van der Waals surface area contributed by atoms with Crippen molar-refractivity contribution < 1.29 is 4.79 Å². The van der Waals surface area contributed by atoms with E-state index in [9.17, 15) is 4.79 Å². The molecule has 3 aromatic rings. The van der Waals surface area contributed by atoms with E-state index in [1.54, 1.807) is 0 Å². The molecule has 0 fully saturated rings. The van der Waals surface area contributed by atoms with E-state index >= 15 is 0 Å². The van der Waals surface area contributed by atoms with Gasteiger partial charge in [0.1, 0.15) is 0 Å². The fourth-order valence-corrected chi connectivity index (χ4v) is 2.30. The number of carbonyl (C=O) groups is 1. The van der Waals surface area contributed by atoms with Crippen LogP contribution in [0.15, 0.2) is 54.7 Å². The lowest BCUT2D eigenvalue weighted by molar-refractivity contribution is 0.112. The number of pyridine rings is 1. The molecule has 0 N–H and O–H groups in total. The number of aryl methyl sites for hydroxylation is 1. The maximum Gasteiger partial charge on any atom is 0.151 e. The quantitative estimate of drug-likeness (QED) is 0.620. The fourth-order valence-electron chi connectivity index (χ4n) is 2.30. The molecule has 0 aliphatic rings. The van der Waals surface area contributed by atoms with Crippen LogP contribution in [0.5, 0.6) is 0 Å². The largest absolute Gasteiger partial charge is 0.320 e. The molecule has 0 unspecified atom stereocenters. The number of aldehydes is 1. The summed E-state index contributed by atoms with van der Waals surface area (Å²) in [5, 5.41) is 0. The van der Waals surface area contributed by atoms with E-state index in [1.165, 1.54) is 11.1 Å². The first-order valence-corrected chi connectivity index (χ1v) is 5.92. The van der Waals surface area contributed by atoms with Gasteiger partial charge in [0.15, 0.2) is 6.29 Å². The lowest BCUT2D eigenvalue weighted by Gasteiger charge is -2.01. The van der Waals surface area contributed by atoms with E-state index in [-0.39, 0.29) is 0 Å². The molecular formula is C16H13NO. The maximum atomic E-state index is 10.8. The highest BCUT2D eigenvalue weighted by molar-refractivity contribution is 5.78. The third-order valence-electron chi connectivity index (χ3n) is 3.27. The van der Waals surface area contributed by atoms with Crippen molar-refractivity contribution in [3.63, 3.8) is 0 Å². The summed E-state index contributed by atoms with van der Waals surface area (Å²) in [6.45, 7) is 2.07. The average molecular weight is 235 g/mol. The van der Waals surface area contributed by atoms with Gasteiger partial charge in [-0.3, -0.25) is 4.79 Å². The average Bonchev–Trinajstić information content (AvgIpc) is 2.77. The molecule has 2 aromatic heterocycles. The Balaban J connectivity index is 2.26. The molecule has 0 aliphatic carbocycles. The molecule has 2 heterocycles. The van der Waals surface area contributed by atoms with Crippen molar-refractivity contribution in [1.82, 2.24) is 4.40 Å². The number of benzene rings is 1. The highest BCUT2D eigenvalue weighted by Crippen LogP contribution is 2.27. The molecular weight excluding hydrogens is 222 g/mol. The van der Waals surface area contributed by atoms with Gasteiger partial charge in [-0.25, -0.2) is 0 Å². The number of aromatic nitrogens is 1. The van der Waals surface area contributed by atoms with Gasteiger partial charge in [0.2, 0.25) is 0 Å². The molecule has 2 heteroatoms. The second-order valence-electron chi connectivity index (χ2n) is 4.38. The van der Waals surface area contributed by atoms with Gasteiger partial charge in [0.25, 0.3) is 0 Å². The maximum absolute atomic E-state index is 10.8. The molecule has 0 amide bonds. The molecule has 0 atom stereocenters. The molecule has 1 aromatic carbocycles. The summed E-state index contributed by atoms with van der Waals surface area (Å²) in [5.74, 6) is 0. The molecule has 2 nitrogen and oxygen atoms in total. The van der Waals surface area contributed by atoms with Gasteiger partial charge in [-0.05, 0) is 30.7 Å². The lowest BCUT2D eigenvalue weighted by atomic mass is 10.1. The Morgan fingerprint density at radius 1 is 1.06 bits per heavy atom. The molecule has 88 valence electrons. The number of fused-ring (bicyclic) bond motifs is 1. The first-order valence-electron chi connectivity index (χ1n) is 5.92. The Hall–Kier alpha value is -2.35. The zero-order valence-corrected chi connectivity index (χ0v) is 10.1. The van der Waals surface area contributed by atoms with Crippen LogP contribution < -0.4 is 0 Å². The van der Waals surface area contributed by atoms with Crippen LogP contribution in [-0.2, 0) is 0 Å². The van der Waals surface area contributed by atoms with Crippen molar-refractivity contribution in [2.45, 2.75) is 6.92 Å². The van der Waals surface area contributed by atoms with Gasteiger partial charge in [0, 0.05) is 28.5 Å². The minimum absolute atomic E-state index is 0.695. The highest BCUT2D eigenvalue weighted by atomic mass is 16.1. The van der Waals surface area contributed by atoms with E-state index < -0.39 is 0 Å². The second kappa shape index (κ2) is 4.15. The van der Waals surface area contributed by atoms with Gasteiger partial charge in [-0.1, -0.05) is 30.3 Å². The first kappa shape index (κ1) is 10.8. The third-order valence-corrected chi connectivity index (χ3v) is 3.27. The summed E-state index contributed by atoms with van der Waals surface area (Å²) in [5.41, 5.74) is 5.36. The number of hydrogen-bond acceptors (Lipinski definition) is 1. The summed E-state index contributed by atoms with van der Waals surface area (Å²) in [6.07, 6.45) is 2.76. The highest BCUT2D eigenvalue weighted by Gasteiger charge is 2.08. The molecule has 3 rings (SSSR count). The predicted octanol–water partition coefficient (Wildman–Crippen LogP) is 3.73. The Bertz CT molecular complexity index is 711. The minimum atomic E-state index is 0.695. The van der Waals surface area contributed by atoms with Gasteiger partial charge in [0.05, 0.1) is 0 Å². The van der Waals surface area contributed by atoms with Crippen LogP contribution in [0.4, 0.5) is 0 Å². The summed E-state index contributed by atoms with van der Waals surface area (Å²) in [6, 6.07) is 16.3. The summed E-state index contributed by atoms with van der Waals surface area (Å²) >= 11 is 0. The molecule has 0 bridgehead atoms. The molecule has 0 radical (unpaired) electrons. The number of carbonyl (C=O) groups excluding carboxylic acids is 1. The van der Waals surface area contributed by atoms with Crippen molar-refractivity contribution in [1.29, 1.82) is 0 Å². The van der Waals surface area contributed by atoms with Gasteiger partial charge < -0.3 is 4.40 Å². The van der Waals surface area contributed by atoms with E-state index in [0.29, 0.717) is 5.56 Å². The zero-order valence-electron chi connectivity index (χ0n) is 10.1. The van der Waals surface area contributed by atoms with Crippen molar-refractivity contribution >= 4 is 11.8 Å². The van der Waals surface area contributed by atoms with Crippen molar-refractivity contribution in [3.05, 3.63) is 66.0 Å². The lowest BCUT2D eigenvalue weighted by Crippen LogP contribution is -1.90. The van der Waals surface area contributed by atoms with Crippen LogP contribution in [0.25, 0.3) is 16.6 Å². The van der Waals surface area contributed by atoms with E-state index in [4.69, 9.17) is 0 Å². The number of hydrogen-bond donors (Lipinski definition) is 0. The van der Waals surface area contributed by atoms with E-state index in [1.807, 2.05) is 36.5 Å². The van der Waals surface area contributed by atoms with Crippen LogP contribution >= 0.6 is 0 Å². The smallest absolute Gasteiger partial charge is 0.151 e. The zero-order chi connectivity index (χ0) is 12.5. The van der Waals surface area contributed by atoms with Crippen LogP contribution in [0.1, 0.15) is 16.1 Å². The molecule has 0 spiro atoms. The first-order chi connectivity index (χ1) is 8.79. The molecule has 0 saturated carbocycles. The Kier molecular flexibility index (Phi) is 2.49. The summed E-state index contributed by atoms with van der Waals surface area (Å²) < 4.78 is 2.06. The number of nitrogens with zero attached hydrogens (tertiary/aromatic N) is 1. The summed E-state index contributed by atoms with van der Waals surface area (Å²) in [7, 11) is 0. The van der Waals surface area contributed by atoms with E-state index in [2.05, 4.69) is 29.5 Å². The van der Waals surface area contributed by atoms with Crippen molar-refractivity contribution in [3.8, 4) is 11.1 Å². The van der Waals surface area contributed by atoms with Crippen molar-refractivity contribution in [2.24, 2.45) is 0 Å². The molecule has 18 heavy (non-hydrogen) atoms. The van der Waals surface area contributed by atoms with Crippen LogP contribution in [0, 0.1) is 6.92 Å². The van der Waals surface area contributed by atoms with Gasteiger partial charge in [-0.2, -0.15) is 0 Å². The van der Waals surface area contributed by atoms with Crippen LogP contribution in [0.2, 0.25) is 0 Å². The van der Waals surface area contributed by atoms with Crippen molar-refractivity contribution in [2.75, 3.05) is 0 Å². The SMILES string of the molecule is Cc1c(-c2ccccc2)cc2ccc(C=O)cn12. The Labute approximate surface area is 105 Å². The van der Waals surface area contributed by atoms with Gasteiger partial charge in [-0.15, -0.1) is 0 Å². The molecule has 0 saturated heterocycles. The standard InChI is InChI=1S/C16H13NO/c1-12-16(14-5-3-2-4-6-14)9-15-8-7-13(11-18)10-17(12)15/h2-11H,1H3. The normalized spacial score (nSPS) is 10.7.